The van der Waals surface area contributed by atoms with E-state index in [1.165, 1.54) is 0 Å². The van der Waals surface area contributed by atoms with Crippen LogP contribution in [0.15, 0.2) is 28.7 Å². The number of rotatable bonds is 5. The molecule has 0 spiro atoms. The lowest BCUT2D eigenvalue weighted by Crippen LogP contribution is -2.47. The third kappa shape index (κ3) is 3.80. The molecule has 1 aromatic rings. The number of carbonyl (C=O) groups excluding carboxylic acids is 1. The van der Waals surface area contributed by atoms with Crippen molar-refractivity contribution in [3.8, 4) is 0 Å². The van der Waals surface area contributed by atoms with Gasteiger partial charge in [-0.25, -0.2) is 0 Å². The van der Waals surface area contributed by atoms with Crippen molar-refractivity contribution < 1.29 is 4.79 Å². The van der Waals surface area contributed by atoms with Crippen LogP contribution in [0.25, 0.3) is 0 Å². The highest BCUT2D eigenvalue weighted by Crippen LogP contribution is 2.29. The molecule has 19 heavy (non-hydrogen) atoms. The monoisotopic (exact) mass is 324 g/mol. The molecule has 0 unspecified atom stereocenters. The fraction of sp³-hybridized carbons (Fsp3) is 0.533. The Balaban J connectivity index is 2.10. The zero-order valence-corrected chi connectivity index (χ0v) is 13.1. The van der Waals surface area contributed by atoms with E-state index in [9.17, 15) is 4.79 Å². The van der Waals surface area contributed by atoms with Gasteiger partial charge in [-0.3, -0.25) is 4.79 Å². The van der Waals surface area contributed by atoms with Gasteiger partial charge < -0.3 is 10.6 Å². The second-order valence-electron chi connectivity index (χ2n) is 5.60. The molecule has 3 nitrogen and oxygen atoms in total. The molecule has 0 heterocycles. The third-order valence-corrected chi connectivity index (χ3v) is 4.01. The van der Waals surface area contributed by atoms with E-state index in [0.29, 0.717) is 12.6 Å². The van der Waals surface area contributed by atoms with E-state index < -0.39 is 6.04 Å². The summed E-state index contributed by atoms with van der Waals surface area (Å²) in [5, 5.41) is 0. The van der Waals surface area contributed by atoms with Gasteiger partial charge in [0.15, 0.2) is 0 Å². The summed E-state index contributed by atoms with van der Waals surface area (Å²) >= 11 is 3.47. The Kier molecular flexibility index (Phi) is 4.63. The van der Waals surface area contributed by atoms with Crippen LogP contribution in [-0.4, -0.2) is 22.9 Å². The predicted molar refractivity (Wildman–Crippen MR) is 80.5 cm³/mol. The van der Waals surface area contributed by atoms with Crippen LogP contribution in [0.2, 0.25) is 0 Å². The molecule has 0 aromatic heterocycles. The summed E-state index contributed by atoms with van der Waals surface area (Å²) in [7, 11) is 0. The summed E-state index contributed by atoms with van der Waals surface area (Å²) in [5.41, 5.74) is 7.15. The SMILES string of the molecule is CC(C)[C@H](N)C(=O)N(Cc1cccc(Br)c1)C1CC1. The van der Waals surface area contributed by atoms with Gasteiger partial charge in [0.05, 0.1) is 6.04 Å². The molecular weight excluding hydrogens is 304 g/mol. The van der Waals surface area contributed by atoms with E-state index in [2.05, 4.69) is 22.0 Å². The summed E-state index contributed by atoms with van der Waals surface area (Å²) in [6, 6.07) is 8.09. The van der Waals surface area contributed by atoms with Crippen LogP contribution in [0.5, 0.6) is 0 Å². The van der Waals surface area contributed by atoms with Crippen LogP contribution >= 0.6 is 15.9 Å². The lowest BCUT2D eigenvalue weighted by atomic mass is 10.0. The van der Waals surface area contributed by atoms with Gasteiger partial charge in [-0.1, -0.05) is 41.9 Å². The summed E-state index contributed by atoms with van der Waals surface area (Å²) < 4.78 is 1.04. The first-order valence-electron chi connectivity index (χ1n) is 6.79. The zero-order valence-electron chi connectivity index (χ0n) is 11.5. The van der Waals surface area contributed by atoms with E-state index in [1.54, 1.807) is 0 Å². The molecule has 1 saturated carbocycles. The first-order valence-corrected chi connectivity index (χ1v) is 7.59. The second-order valence-corrected chi connectivity index (χ2v) is 6.51. The van der Waals surface area contributed by atoms with Gasteiger partial charge in [-0.2, -0.15) is 0 Å². The van der Waals surface area contributed by atoms with Crippen LogP contribution in [0.4, 0.5) is 0 Å². The van der Waals surface area contributed by atoms with Crippen LogP contribution in [-0.2, 0) is 11.3 Å². The molecule has 1 fully saturated rings. The van der Waals surface area contributed by atoms with E-state index in [4.69, 9.17) is 5.73 Å². The number of halogens is 1. The molecule has 0 saturated heterocycles. The molecule has 0 bridgehead atoms. The number of amides is 1. The zero-order chi connectivity index (χ0) is 14.0. The molecule has 1 amide bonds. The van der Waals surface area contributed by atoms with Crippen molar-refractivity contribution in [2.24, 2.45) is 11.7 Å². The molecule has 1 atom stereocenters. The maximum atomic E-state index is 12.4. The molecule has 2 N–H and O–H groups in total. The first-order chi connectivity index (χ1) is 8.99. The van der Waals surface area contributed by atoms with Gasteiger partial charge in [-0.05, 0) is 36.5 Å². The predicted octanol–water partition coefficient (Wildman–Crippen LogP) is 2.92. The molecule has 0 radical (unpaired) electrons. The second kappa shape index (κ2) is 6.06. The number of hydrogen-bond acceptors (Lipinski definition) is 2. The van der Waals surface area contributed by atoms with Crippen molar-refractivity contribution in [1.29, 1.82) is 0 Å². The normalized spacial score (nSPS) is 16.5. The highest BCUT2D eigenvalue weighted by atomic mass is 79.9. The van der Waals surface area contributed by atoms with Gasteiger partial charge in [0, 0.05) is 17.1 Å². The molecule has 1 aliphatic rings. The standard InChI is InChI=1S/C15H21BrN2O/c1-10(2)14(17)15(19)18(13-6-7-13)9-11-4-3-5-12(16)8-11/h3-5,8,10,13-14H,6-7,9,17H2,1-2H3/t14-/m0/s1. The summed E-state index contributed by atoms with van der Waals surface area (Å²) in [6.45, 7) is 4.64. The Morgan fingerprint density at radius 2 is 2.16 bits per heavy atom. The van der Waals surface area contributed by atoms with Crippen LogP contribution in [0.3, 0.4) is 0 Å². The number of carbonyl (C=O) groups is 1. The van der Waals surface area contributed by atoms with Crippen molar-refractivity contribution in [2.75, 3.05) is 0 Å². The molecular formula is C15H21BrN2O. The van der Waals surface area contributed by atoms with Gasteiger partial charge in [0.2, 0.25) is 5.91 Å². The molecule has 0 aliphatic heterocycles. The molecule has 1 aromatic carbocycles. The highest BCUT2D eigenvalue weighted by Gasteiger charge is 2.35. The summed E-state index contributed by atoms with van der Waals surface area (Å²) in [5.74, 6) is 0.258. The van der Waals surface area contributed by atoms with E-state index in [1.807, 2.05) is 36.9 Å². The fourth-order valence-corrected chi connectivity index (χ4v) is 2.53. The summed E-state index contributed by atoms with van der Waals surface area (Å²) in [4.78, 5) is 14.4. The summed E-state index contributed by atoms with van der Waals surface area (Å²) in [6.07, 6.45) is 2.20. The maximum Gasteiger partial charge on any atom is 0.240 e. The van der Waals surface area contributed by atoms with Crippen molar-refractivity contribution in [3.05, 3.63) is 34.3 Å². The molecule has 2 rings (SSSR count). The number of benzene rings is 1. The van der Waals surface area contributed by atoms with Gasteiger partial charge in [0.1, 0.15) is 0 Å². The number of hydrogen-bond donors (Lipinski definition) is 1. The van der Waals surface area contributed by atoms with Gasteiger partial charge >= 0.3 is 0 Å². The van der Waals surface area contributed by atoms with Crippen molar-refractivity contribution in [3.63, 3.8) is 0 Å². The van der Waals surface area contributed by atoms with Crippen LogP contribution in [0.1, 0.15) is 32.3 Å². The Bertz CT molecular complexity index is 457. The quantitative estimate of drug-likeness (QED) is 0.905. The minimum atomic E-state index is -0.396. The average molecular weight is 325 g/mol. The van der Waals surface area contributed by atoms with Crippen molar-refractivity contribution >= 4 is 21.8 Å². The van der Waals surface area contributed by atoms with E-state index in [-0.39, 0.29) is 11.8 Å². The first kappa shape index (κ1) is 14.5. The van der Waals surface area contributed by atoms with Gasteiger partial charge in [-0.15, -0.1) is 0 Å². The largest absolute Gasteiger partial charge is 0.334 e. The topological polar surface area (TPSA) is 46.3 Å². The minimum Gasteiger partial charge on any atom is -0.334 e. The molecule has 4 heteroatoms. The Morgan fingerprint density at radius 3 is 2.68 bits per heavy atom. The Morgan fingerprint density at radius 1 is 1.47 bits per heavy atom. The number of nitrogens with zero attached hydrogens (tertiary/aromatic N) is 1. The Labute approximate surface area is 123 Å². The molecule has 1 aliphatic carbocycles. The third-order valence-electron chi connectivity index (χ3n) is 3.52. The smallest absolute Gasteiger partial charge is 0.240 e. The average Bonchev–Trinajstić information content (AvgIpc) is 3.18. The number of nitrogens with two attached hydrogens (primary N) is 1. The van der Waals surface area contributed by atoms with Crippen LogP contribution in [0, 0.1) is 5.92 Å². The van der Waals surface area contributed by atoms with Crippen LogP contribution < -0.4 is 5.73 Å². The van der Waals surface area contributed by atoms with Crippen molar-refractivity contribution in [1.82, 2.24) is 4.90 Å². The van der Waals surface area contributed by atoms with Crippen molar-refractivity contribution in [2.45, 2.75) is 45.3 Å². The molecule has 104 valence electrons. The lowest BCUT2D eigenvalue weighted by Gasteiger charge is -2.27. The van der Waals surface area contributed by atoms with E-state index >= 15 is 0 Å². The minimum absolute atomic E-state index is 0.0810. The van der Waals surface area contributed by atoms with E-state index in [0.717, 1.165) is 22.9 Å². The lowest BCUT2D eigenvalue weighted by molar-refractivity contribution is -0.134. The fourth-order valence-electron chi connectivity index (χ4n) is 2.08. The highest BCUT2D eigenvalue weighted by molar-refractivity contribution is 9.10. The Hall–Kier alpha value is -0.870. The van der Waals surface area contributed by atoms with Gasteiger partial charge in [0.25, 0.3) is 0 Å². The maximum absolute atomic E-state index is 12.4.